The van der Waals surface area contributed by atoms with Crippen LogP contribution in [0.4, 0.5) is 14.9 Å². The average Bonchev–Trinajstić information content (AvgIpc) is 2.43. The second kappa shape index (κ2) is 7.47. The molecular formula is C14H21FN4O2. The lowest BCUT2D eigenvalue weighted by Crippen LogP contribution is -2.46. The number of hydrogen-bond acceptors (Lipinski definition) is 3. The van der Waals surface area contributed by atoms with Crippen LogP contribution in [-0.4, -0.2) is 31.6 Å². The zero-order valence-corrected chi connectivity index (χ0v) is 12.4. The minimum Gasteiger partial charge on any atom is -0.373 e. The predicted octanol–water partition coefficient (Wildman–Crippen LogP) is 0.955. The summed E-state index contributed by atoms with van der Waals surface area (Å²) in [4.78, 5) is 24.1. The van der Waals surface area contributed by atoms with Crippen LogP contribution in [0.15, 0.2) is 18.2 Å². The van der Waals surface area contributed by atoms with E-state index >= 15 is 0 Å². The van der Waals surface area contributed by atoms with E-state index in [4.69, 9.17) is 5.73 Å². The van der Waals surface area contributed by atoms with Gasteiger partial charge in [-0.25, -0.2) is 9.18 Å². The van der Waals surface area contributed by atoms with E-state index in [0.717, 1.165) is 0 Å². The minimum atomic E-state index is -0.768. The van der Waals surface area contributed by atoms with Crippen LogP contribution in [-0.2, 0) is 11.3 Å². The quantitative estimate of drug-likeness (QED) is 0.730. The van der Waals surface area contributed by atoms with Gasteiger partial charge in [0.15, 0.2) is 0 Å². The van der Waals surface area contributed by atoms with Gasteiger partial charge in [0, 0.05) is 20.1 Å². The van der Waals surface area contributed by atoms with Gasteiger partial charge in [-0.05, 0) is 31.5 Å². The number of rotatable bonds is 6. The minimum absolute atomic E-state index is 0.177. The Morgan fingerprint density at radius 1 is 1.43 bits per heavy atom. The first-order valence-electron chi connectivity index (χ1n) is 6.68. The van der Waals surface area contributed by atoms with Gasteiger partial charge in [0.25, 0.3) is 0 Å². The van der Waals surface area contributed by atoms with Crippen LogP contribution in [0.5, 0.6) is 0 Å². The topological polar surface area (TPSA) is 87.5 Å². The summed E-state index contributed by atoms with van der Waals surface area (Å²) in [6.45, 7) is 4.32. The maximum Gasteiger partial charge on any atom is 0.312 e. The largest absolute Gasteiger partial charge is 0.373 e. The fraction of sp³-hybridized carbons (Fsp3) is 0.429. The molecule has 0 aliphatic rings. The molecule has 0 fully saturated rings. The fourth-order valence-corrected chi connectivity index (χ4v) is 1.76. The highest BCUT2D eigenvalue weighted by atomic mass is 19.1. The van der Waals surface area contributed by atoms with Crippen LogP contribution >= 0.6 is 0 Å². The van der Waals surface area contributed by atoms with Crippen molar-refractivity contribution in [1.82, 2.24) is 10.6 Å². The Labute approximate surface area is 123 Å². The Morgan fingerprint density at radius 2 is 2.10 bits per heavy atom. The van der Waals surface area contributed by atoms with Gasteiger partial charge in [-0.15, -0.1) is 0 Å². The third kappa shape index (κ3) is 4.94. The van der Waals surface area contributed by atoms with Crippen molar-refractivity contribution in [1.29, 1.82) is 0 Å². The SMILES string of the molecule is CCN(C)c1ccc(CNC(=O)[C@H](C)NC(N)=O)cc1F. The zero-order valence-electron chi connectivity index (χ0n) is 12.4. The van der Waals surface area contributed by atoms with Crippen LogP contribution < -0.4 is 21.3 Å². The van der Waals surface area contributed by atoms with Gasteiger partial charge >= 0.3 is 6.03 Å². The molecule has 0 radical (unpaired) electrons. The molecule has 0 spiro atoms. The predicted molar refractivity (Wildman–Crippen MR) is 79.4 cm³/mol. The van der Waals surface area contributed by atoms with E-state index in [2.05, 4.69) is 10.6 Å². The number of amides is 3. The molecule has 0 heterocycles. The number of carbonyl (C=O) groups is 2. The molecule has 7 heteroatoms. The number of halogens is 1. The second-order valence-corrected chi connectivity index (χ2v) is 4.75. The van der Waals surface area contributed by atoms with Crippen LogP contribution in [0.25, 0.3) is 0 Å². The van der Waals surface area contributed by atoms with E-state index in [0.29, 0.717) is 17.8 Å². The number of anilines is 1. The van der Waals surface area contributed by atoms with Crippen molar-refractivity contribution >= 4 is 17.6 Å². The van der Waals surface area contributed by atoms with Gasteiger partial charge in [0.05, 0.1) is 5.69 Å². The summed E-state index contributed by atoms with van der Waals surface area (Å²) < 4.78 is 13.9. The standard InChI is InChI=1S/C14H21FN4O2/c1-4-19(3)12-6-5-10(7-11(12)15)8-17-13(20)9(2)18-14(16)21/h5-7,9H,4,8H2,1-3H3,(H,17,20)(H3,16,18,21)/t9-/m0/s1. The maximum atomic E-state index is 13.9. The van der Waals surface area contributed by atoms with Crippen LogP contribution in [0.3, 0.4) is 0 Å². The Morgan fingerprint density at radius 3 is 2.62 bits per heavy atom. The third-order valence-corrected chi connectivity index (χ3v) is 3.12. The molecule has 1 aromatic carbocycles. The summed E-state index contributed by atoms with van der Waals surface area (Å²) in [5.74, 6) is -0.724. The summed E-state index contributed by atoms with van der Waals surface area (Å²) in [6.07, 6.45) is 0. The molecule has 0 saturated carbocycles. The van der Waals surface area contributed by atoms with Crippen molar-refractivity contribution in [3.63, 3.8) is 0 Å². The molecule has 21 heavy (non-hydrogen) atoms. The van der Waals surface area contributed by atoms with Crippen molar-refractivity contribution in [3.8, 4) is 0 Å². The normalized spacial score (nSPS) is 11.6. The molecular weight excluding hydrogens is 275 g/mol. The van der Waals surface area contributed by atoms with Crippen LogP contribution in [0, 0.1) is 5.82 Å². The van der Waals surface area contributed by atoms with E-state index in [1.54, 1.807) is 24.1 Å². The van der Waals surface area contributed by atoms with Gasteiger partial charge in [0.2, 0.25) is 5.91 Å². The summed E-state index contributed by atoms with van der Waals surface area (Å²) in [5, 5.41) is 4.87. The van der Waals surface area contributed by atoms with E-state index in [-0.39, 0.29) is 18.3 Å². The van der Waals surface area contributed by atoms with E-state index in [9.17, 15) is 14.0 Å². The summed E-state index contributed by atoms with van der Waals surface area (Å²) in [5.41, 5.74) is 6.08. The number of primary amides is 1. The first-order chi connectivity index (χ1) is 9.85. The maximum absolute atomic E-state index is 13.9. The van der Waals surface area contributed by atoms with Gasteiger partial charge in [-0.2, -0.15) is 0 Å². The van der Waals surface area contributed by atoms with Crippen molar-refractivity contribution in [2.75, 3.05) is 18.5 Å². The number of hydrogen-bond donors (Lipinski definition) is 3. The van der Waals surface area contributed by atoms with Gasteiger partial charge in [-0.3, -0.25) is 4.79 Å². The summed E-state index contributed by atoms with van der Waals surface area (Å²) >= 11 is 0. The molecule has 0 bridgehead atoms. The number of carbonyl (C=O) groups excluding carboxylic acids is 2. The van der Waals surface area contributed by atoms with Crippen molar-refractivity contribution in [3.05, 3.63) is 29.6 Å². The van der Waals surface area contributed by atoms with Crippen LogP contribution in [0.2, 0.25) is 0 Å². The molecule has 1 atom stereocenters. The molecule has 0 aliphatic heterocycles. The summed E-state index contributed by atoms with van der Waals surface area (Å²) in [6, 6.07) is 3.30. The molecule has 0 unspecified atom stereocenters. The van der Waals surface area contributed by atoms with Crippen molar-refractivity contribution < 1.29 is 14.0 Å². The molecule has 4 N–H and O–H groups in total. The van der Waals surface area contributed by atoms with Gasteiger partial charge in [-0.1, -0.05) is 6.07 Å². The fourth-order valence-electron chi connectivity index (χ4n) is 1.76. The monoisotopic (exact) mass is 296 g/mol. The number of nitrogens with one attached hydrogen (secondary N) is 2. The molecule has 0 saturated heterocycles. The number of urea groups is 1. The van der Waals surface area contributed by atoms with E-state index in [1.165, 1.54) is 13.0 Å². The first-order valence-corrected chi connectivity index (χ1v) is 6.68. The number of nitrogens with zero attached hydrogens (tertiary/aromatic N) is 1. The summed E-state index contributed by atoms with van der Waals surface area (Å²) in [7, 11) is 1.80. The lowest BCUT2D eigenvalue weighted by molar-refractivity contribution is -0.122. The molecule has 0 aromatic heterocycles. The smallest absolute Gasteiger partial charge is 0.312 e. The molecule has 1 rings (SSSR count). The Balaban J connectivity index is 2.62. The molecule has 1 aromatic rings. The zero-order chi connectivity index (χ0) is 16.0. The van der Waals surface area contributed by atoms with Crippen LogP contribution in [0.1, 0.15) is 19.4 Å². The third-order valence-electron chi connectivity index (χ3n) is 3.12. The molecule has 116 valence electrons. The van der Waals surface area contributed by atoms with Gasteiger partial charge < -0.3 is 21.3 Å². The Bertz CT molecular complexity index is 522. The Kier molecular flexibility index (Phi) is 5.95. The van der Waals surface area contributed by atoms with Gasteiger partial charge in [0.1, 0.15) is 11.9 Å². The van der Waals surface area contributed by atoms with E-state index < -0.39 is 12.1 Å². The highest BCUT2D eigenvalue weighted by molar-refractivity contribution is 5.86. The lowest BCUT2D eigenvalue weighted by atomic mass is 10.1. The molecule has 6 nitrogen and oxygen atoms in total. The Hall–Kier alpha value is -2.31. The average molecular weight is 296 g/mol. The van der Waals surface area contributed by atoms with Crippen molar-refractivity contribution in [2.24, 2.45) is 5.73 Å². The van der Waals surface area contributed by atoms with E-state index in [1.807, 2.05) is 6.92 Å². The number of nitrogens with two attached hydrogens (primary N) is 1. The molecule has 3 amide bonds. The van der Waals surface area contributed by atoms with Crippen molar-refractivity contribution in [2.45, 2.75) is 26.4 Å². The lowest BCUT2D eigenvalue weighted by Gasteiger charge is -2.18. The second-order valence-electron chi connectivity index (χ2n) is 4.75. The molecule has 0 aliphatic carbocycles. The highest BCUT2D eigenvalue weighted by Crippen LogP contribution is 2.19. The first kappa shape index (κ1) is 16.7. The number of benzene rings is 1. The highest BCUT2D eigenvalue weighted by Gasteiger charge is 2.14.